The van der Waals surface area contributed by atoms with Gasteiger partial charge in [-0.2, -0.15) is 26.3 Å². The van der Waals surface area contributed by atoms with Gasteiger partial charge in [0.25, 0.3) is 0 Å². The van der Waals surface area contributed by atoms with E-state index in [2.05, 4.69) is 10.2 Å². The zero-order chi connectivity index (χ0) is 24.9. The number of nitrogens with zero attached hydrogens (tertiary/aromatic N) is 4. The van der Waals surface area contributed by atoms with Crippen molar-refractivity contribution in [3.8, 4) is 0 Å². The molecule has 188 valence electrons. The van der Waals surface area contributed by atoms with Gasteiger partial charge in [0, 0.05) is 30.4 Å². The van der Waals surface area contributed by atoms with Crippen LogP contribution in [0, 0.1) is 5.92 Å². The molecule has 1 atom stereocenters. The first-order valence-electron chi connectivity index (χ1n) is 10.1. The van der Waals surface area contributed by atoms with Crippen LogP contribution in [0.4, 0.5) is 31.5 Å². The van der Waals surface area contributed by atoms with Gasteiger partial charge < -0.3 is 9.80 Å². The van der Waals surface area contributed by atoms with Crippen LogP contribution in [0.15, 0.2) is 12.1 Å². The summed E-state index contributed by atoms with van der Waals surface area (Å²) in [6.45, 7) is 0.0746. The number of halogens is 6. The van der Waals surface area contributed by atoms with Gasteiger partial charge in [-0.15, -0.1) is 21.5 Å². The van der Waals surface area contributed by atoms with E-state index >= 15 is 0 Å². The molecule has 0 saturated carbocycles. The maximum Gasteiger partial charge on any atom is 0.445 e. The Morgan fingerprint density at radius 2 is 1.65 bits per heavy atom. The smallest absolute Gasteiger partial charge is 0.342 e. The molecule has 2 aromatic rings. The Bertz CT molecular complexity index is 1150. The molecular weight excluding hydrogens is 530 g/mol. The average Bonchev–Trinajstić information content (AvgIpc) is 3.42. The van der Waals surface area contributed by atoms with E-state index in [4.69, 9.17) is 0 Å². The highest BCUT2D eigenvalue weighted by Gasteiger charge is 2.41. The Balaban J connectivity index is 1.60. The van der Waals surface area contributed by atoms with E-state index in [1.807, 2.05) is 0 Å². The van der Waals surface area contributed by atoms with E-state index in [1.165, 1.54) is 15.9 Å². The molecule has 2 aliphatic rings. The quantitative estimate of drug-likeness (QED) is 0.542. The molecule has 2 aliphatic heterocycles. The molecule has 2 aromatic heterocycles. The Hall–Kier alpha value is -1.94. The van der Waals surface area contributed by atoms with Crippen molar-refractivity contribution in [2.75, 3.05) is 36.0 Å². The lowest BCUT2D eigenvalue weighted by Crippen LogP contribution is -2.52. The van der Waals surface area contributed by atoms with Gasteiger partial charge in [0.1, 0.15) is 14.7 Å². The van der Waals surface area contributed by atoms with Crippen LogP contribution in [0.5, 0.6) is 0 Å². The summed E-state index contributed by atoms with van der Waals surface area (Å²) in [6.07, 6.45) is -9.01. The lowest BCUT2D eigenvalue weighted by Gasteiger charge is -2.42. The maximum atomic E-state index is 13.3. The first kappa shape index (κ1) is 25.2. The molecular formula is C18H18F6N4O3S3. The topological polar surface area (TPSA) is 83.5 Å². The molecule has 7 nitrogen and oxygen atoms in total. The van der Waals surface area contributed by atoms with Gasteiger partial charge in [-0.05, 0) is 25.0 Å². The summed E-state index contributed by atoms with van der Waals surface area (Å²) in [5.74, 6) is -1.24. The first-order valence-corrected chi connectivity index (χ1v) is 13.5. The number of carbonyl (C=O) groups is 1. The number of amides is 1. The molecule has 0 unspecified atom stereocenters. The fourth-order valence-corrected chi connectivity index (χ4v) is 7.20. The van der Waals surface area contributed by atoms with E-state index in [-0.39, 0.29) is 59.9 Å². The number of carbonyl (C=O) groups excluding carboxylic acids is 1. The molecule has 0 aliphatic carbocycles. The number of hydrogen-bond donors (Lipinski definition) is 0. The molecule has 0 aromatic carbocycles. The molecule has 34 heavy (non-hydrogen) atoms. The third-order valence-corrected chi connectivity index (χ3v) is 9.70. The van der Waals surface area contributed by atoms with E-state index in [0.29, 0.717) is 22.7 Å². The fourth-order valence-electron chi connectivity index (χ4n) is 3.98. The Kier molecular flexibility index (Phi) is 6.61. The van der Waals surface area contributed by atoms with E-state index in [0.717, 1.165) is 6.07 Å². The van der Waals surface area contributed by atoms with Crippen molar-refractivity contribution in [1.29, 1.82) is 0 Å². The highest BCUT2D eigenvalue weighted by Crippen LogP contribution is 2.41. The lowest BCUT2D eigenvalue weighted by atomic mass is 9.98. The summed E-state index contributed by atoms with van der Waals surface area (Å²) in [6, 6.07) is 1.30. The molecule has 2 saturated heterocycles. The Labute approximate surface area is 198 Å². The van der Waals surface area contributed by atoms with Gasteiger partial charge in [0.2, 0.25) is 16.0 Å². The highest BCUT2D eigenvalue weighted by molar-refractivity contribution is 7.91. The number of thiophene rings is 1. The summed E-state index contributed by atoms with van der Waals surface area (Å²) in [7, 11) is -3.22. The van der Waals surface area contributed by atoms with Gasteiger partial charge >= 0.3 is 12.4 Å². The first-order chi connectivity index (χ1) is 15.7. The van der Waals surface area contributed by atoms with Crippen molar-refractivity contribution in [2.45, 2.75) is 31.2 Å². The molecule has 16 heteroatoms. The number of anilines is 1. The van der Waals surface area contributed by atoms with Crippen molar-refractivity contribution in [1.82, 2.24) is 15.1 Å². The molecule has 0 N–H and O–H groups in total. The average molecular weight is 549 g/mol. The third kappa shape index (κ3) is 5.32. The minimum Gasteiger partial charge on any atom is -0.342 e. The molecule has 1 amide bonds. The van der Waals surface area contributed by atoms with E-state index < -0.39 is 44.0 Å². The molecule has 0 radical (unpaired) electrons. The minimum absolute atomic E-state index is 0.0347. The Morgan fingerprint density at radius 1 is 0.971 bits per heavy atom. The van der Waals surface area contributed by atoms with Crippen LogP contribution in [0.1, 0.15) is 33.6 Å². The summed E-state index contributed by atoms with van der Waals surface area (Å²) in [5.41, 5.74) is 0. The monoisotopic (exact) mass is 548 g/mol. The number of hydrogen-bond acceptors (Lipinski definition) is 8. The highest BCUT2D eigenvalue weighted by atomic mass is 32.2. The normalized spacial score (nSPS) is 22.2. The van der Waals surface area contributed by atoms with Crippen molar-refractivity contribution >= 4 is 43.5 Å². The van der Waals surface area contributed by atoms with Gasteiger partial charge in [-0.1, -0.05) is 11.3 Å². The molecule has 0 bridgehead atoms. The summed E-state index contributed by atoms with van der Waals surface area (Å²) >= 11 is 0.789. The fraction of sp³-hybridized carbons (Fsp3) is 0.611. The third-order valence-electron chi connectivity index (χ3n) is 5.73. The SMILES string of the molecule is O=C(C1CCS(=O)(=O)CC1)N1CCN(c2nnc(C(F)(F)F)s2)C[C@H]1c1ccc(C(F)(F)F)s1. The van der Waals surface area contributed by atoms with Crippen molar-refractivity contribution in [3.63, 3.8) is 0 Å². The summed E-state index contributed by atoms with van der Waals surface area (Å²) in [4.78, 5) is 15.5. The zero-order valence-electron chi connectivity index (χ0n) is 17.3. The largest absolute Gasteiger partial charge is 0.445 e. The Morgan fingerprint density at radius 3 is 2.21 bits per heavy atom. The maximum absolute atomic E-state index is 13.3. The standard InChI is InChI=1S/C18H18F6N4O3S3/c19-17(20,21)13-2-1-12(32-13)11-9-27(16-26-25-15(33-16)18(22,23)24)5-6-28(11)14(29)10-3-7-34(30,31)8-4-10/h1-2,10-11H,3-9H2/t11-/m0/s1. The summed E-state index contributed by atoms with van der Waals surface area (Å²) in [5, 5.41) is 5.56. The van der Waals surface area contributed by atoms with Crippen LogP contribution in [0.2, 0.25) is 0 Å². The van der Waals surface area contributed by atoms with Crippen molar-refractivity contribution in [3.05, 3.63) is 26.9 Å². The number of alkyl halides is 6. The van der Waals surface area contributed by atoms with Crippen LogP contribution in [0.3, 0.4) is 0 Å². The molecule has 4 rings (SSSR count). The summed E-state index contributed by atoms with van der Waals surface area (Å²) < 4.78 is 102. The number of aromatic nitrogens is 2. The van der Waals surface area contributed by atoms with Gasteiger partial charge in [-0.3, -0.25) is 4.79 Å². The van der Waals surface area contributed by atoms with E-state index in [9.17, 15) is 39.6 Å². The minimum atomic E-state index is -4.68. The van der Waals surface area contributed by atoms with Gasteiger partial charge in [0.15, 0.2) is 0 Å². The second-order valence-electron chi connectivity index (χ2n) is 8.01. The second kappa shape index (κ2) is 8.93. The van der Waals surface area contributed by atoms with Crippen LogP contribution >= 0.6 is 22.7 Å². The lowest BCUT2D eigenvalue weighted by molar-refractivity contribution is -0.139. The predicted octanol–water partition coefficient (Wildman–Crippen LogP) is 3.85. The van der Waals surface area contributed by atoms with Crippen molar-refractivity contribution < 1.29 is 39.6 Å². The van der Waals surface area contributed by atoms with Crippen LogP contribution < -0.4 is 4.90 Å². The van der Waals surface area contributed by atoms with Crippen LogP contribution in [-0.2, 0) is 27.0 Å². The zero-order valence-corrected chi connectivity index (χ0v) is 19.7. The number of piperazine rings is 1. The van der Waals surface area contributed by atoms with Crippen LogP contribution in [-0.4, -0.2) is 60.6 Å². The van der Waals surface area contributed by atoms with E-state index in [1.54, 1.807) is 0 Å². The number of sulfone groups is 1. The molecule has 0 spiro atoms. The van der Waals surface area contributed by atoms with Crippen molar-refractivity contribution in [2.24, 2.45) is 5.92 Å². The van der Waals surface area contributed by atoms with Crippen LogP contribution in [0.25, 0.3) is 0 Å². The van der Waals surface area contributed by atoms with Gasteiger partial charge in [-0.25, -0.2) is 8.42 Å². The second-order valence-corrected chi connectivity index (χ2v) is 12.4. The number of rotatable bonds is 3. The molecule has 4 heterocycles. The van der Waals surface area contributed by atoms with Gasteiger partial charge in [0.05, 0.1) is 17.5 Å². The molecule has 2 fully saturated rings. The predicted molar refractivity (Wildman–Crippen MR) is 112 cm³/mol.